The average Bonchev–Trinajstić information content (AvgIpc) is 3.59. The van der Waals surface area contributed by atoms with Gasteiger partial charge < -0.3 is 15.0 Å². The molecule has 3 heterocycles. The highest BCUT2D eigenvalue weighted by atomic mass is 14.7. The van der Waals surface area contributed by atoms with Gasteiger partial charge >= 0.3 is 0 Å². The molecule has 0 amide bonds. The summed E-state index contributed by atoms with van der Waals surface area (Å²) in [5.41, 5.74) is 12.2. The van der Waals surface area contributed by atoms with Crippen LogP contribution in [0.4, 0.5) is 0 Å². The van der Waals surface area contributed by atoms with Crippen LogP contribution in [0.2, 0.25) is 0 Å². The molecule has 0 atom stereocenters. The Balaban J connectivity index is 1.45. The zero-order valence-corrected chi connectivity index (χ0v) is 19.7. The summed E-state index contributed by atoms with van der Waals surface area (Å²) in [7, 11) is 0. The van der Waals surface area contributed by atoms with E-state index in [1.165, 1.54) is 98.4 Å². The van der Waals surface area contributed by atoms with Crippen LogP contribution in [0.5, 0.6) is 0 Å². The van der Waals surface area contributed by atoms with Crippen molar-refractivity contribution in [2.75, 3.05) is 0 Å². The van der Waals surface area contributed by atoms with E-state index < -0.39 is 0 Å². The fourth-order valence-electron chi connectivity index (χ4n) is 7.08. The van der Waals surface area contributed by atoms with Crippen LogP contribution in [0.1, 0.15) is 0 Å². The van der Waals surface area contributed by atoms with E-state index in [2.05, 4.69) is 112 Å². The summed E-state index contributed by atoms with van der Waals surface area (Å²) >= 11 is 0. The highest BCUT2D eigenvalue weighted by molar-refractivity contribution is 6.39. The molecule has 0 saturated carbocycles. The van der Waals surface area contributed by atoms with Gasteiger partial charge in [0, 0.05) is 70.8 Å². The second-order valence-electron chi connectivity index (χ2n) is 10.4. The molecule has 170 valence electrons. The highest BCUT2D eigenvalue weighted by Crippen LogP contribution is 2.50. The van der Waals surface area contributed by atoms with Crippen molar-refractivity contribution < 1.29 is 0 Å². The van der Waals surface area contributed by atoms with E-state index in [4.69, 9.17) is 0 Å². The second kappa shape index (κ2) is 6.03. The van der Waals surface area contributed by atoms with E-state index in [1.807, 2.05) is 0 Å². The van der Waals surface area contributed by atoms with E-state index in [0.717, 1.165) is 0 Å². The topological polar surface area (TPSA) is 47.4 Å². The lowest BCUT2D eigenvalue weighted by Crippen LogP contribution is -1.85. The largest absolute Gasteiger partial charge is 0.355 e. The fourth-order valence-corrected chi connectivity index (χ4v) is 7.08. The van der Waals surface area contributed by atoms with E-state index in [1.54, 1.807) is 0 Å². The van der Waals surface area contributed by atoms with Crippen molar-refractivity contribution in [2.45, 2.75) is 0 Å². The number of H-pyrrole nitrogens is 3. The predicted octanol–water partition coefficient (Wildman–Crippen LogP) is 9.39. The Morgan fingerprint density at radius 3 is 1.78 bits per heavy atom. The third-order valence-electron chi connectivity index (χ3n) is 8.58. The number of hydrogen-bond acceptors (Lipinski definition) is 0. The number of benzene rings is 6. The number of hydrogen-bond donors (Lipinski definition) is 3. The maximum Gasteiger partial charge on any atom is 0.0478 e. The second-order valence-corrected chi connectivity index (χ2v) is 10.4. The summed E-state index contributed by atoms with van der Waals surface area (Å²) in [5, 5.41) is 10.5. The Hall–Kier alpha value is -5.02. The Morgan fingerprint density at radius 1 is 0.324 bits per heavy atom. The summed E-state index contributed by atoms with van der Waals surface area (Å²) in [6.07, 6.45) is 0. The van der Waals surface area contributed by atoms with Gasteiger partial charge in [0.15, 0.2) is 0 Å². The summed E-state index contributed by atoms with van der Waals surface area (Å²) in [4.78, 5) is 11.1. The number of para-hydroxylation sites is 1. The SMILES string of the molecule is c1ccc2c(c1)[nH]c1ccc(-c3cc4[nH]c5cccc6c5c4c4c3ccc3[nH]c5cccc-6c5c34)cc12. The third-order valence-corrected chi connectivity index (χ3v) is 8.58. The van der Waals surface area contributed by atoms with Gasteiger partial charge in [-0.25, -0.2) is 0 Å². The van der Waals surface area contributed by atoms with Crippen LogP contribution in [0, 0.1) is 0 Å². The van der Waals surface area contributed by atoms with Crippen molar-refractivity contribution >= 4 is 76.2 Å². The summed E-state index contributed by atoms with van der Waals surface area (Å²) in [6, 6.07) is 35.7. The molecule has 0 aliphatic heterocycles. The number of nitrogens with one attached hydrogen (secondary N) is 3. The average molecular weight is 470 g/mol. The van der Waals surface area contributed by atoms with Crippen LogP contribution >= 0.6 is 0 Å². The quantitative estimate of drug-likeness (QED) is 0.214. The first kappa shape index (κ1) is 18.3. The maximum atomic E-state index is 3.78. The van der Waals surface area contributed by atoms with Crippen molar-refractivity contribution in [1.29, 1.82) is 0 Å². The van der Waals surface area contributed by atoms with Gasteiger partial charge in [0.1, 0.15) is 0 Å². The van der Waals surface area contributed by atoms with Crippen molar-refractivity contribution in [3.05, 3.63) is 97.1 Å². The van der Waals surface area contributed by atoms with E-state index in [9.17, 15) is 0 Å². The van der Waals surface area contributed by atoms with Crippen LogP contribution in [-0.4, -0.2) is 15.0 Å². The molecule has 3 N–H and O–H groups in total. The fraction of sp³-hybridized carbons (Fsp3) is 0. The van der Waals surface area contributed by atoms with Crippen LogP contribution < -0.4 is 0 Å². The van der Waals surface area contributed by atoms with Gasteiger partial charge in [0.2, 0.25) is 0 Å². The summed E-state index contributed by atoms with van der Waals surface area (Å²) in [5.74, 6) is 0. The lowest BCUT2D eigenvalue weighted by Gasteiger charge is -2.11. The normalized spacial score (nSPS) is 12.9. The van der Waals surface area contributed by atoms with Crippen LogP contribution in [0.15, 0.2) is 97.1 Å². The minimum Gasteiger partial charge on any atom is -0.355 e. The smallest absolute Gasteiger partial charge is 0.0478 e. The van der Waals surface area contributed by atoms with Crippen LogP contribution in [0.3, 0.4) is 0 Å². The zero-order chi connectivity index (χ0) is 23.8. The first-order valence-corrected chi connectivity index (χ1v) is 12.8. The molecule has 0 fully saturated rings. The molecular weight excluding hydrogens is 450 g/mol. The molecule has 9 aromatic rings. The van der Waals surface area contributed by atoms with Gasteiger partial charge in [-0.15, -0.1) is 0 Å². The molecule has 0 saturated heterocycles. The standard InChI is InChI=1S/C34H19N3/c1-2-8-24-18(5-1)23-15-17(11-13-25(23)35-24)22-16-29-34-31-20(7-4-10-27(31)37-29)19-6-3-9-26-30(19)33-28(36-26)14-12-21(22)32(33)34/h1-16,35-37H. The molecule has 1 aliphatic carbocycles. The van der Waals surface area contributed by atoms with Crippen molar-refractivity contribution in [1.82, 2.24) is 15.0 Å². The lowest BCUT2D eigenvalue weighted by molar-refractivity contribution is 1.54. The van der Waals surface area contributed by atoms with Gasteiger partial charge in [0.05, 0.1) is 0 Å². The van der Waals surface area contributed by atoms with E-state index in [0.29, 0.717) is 0 Å². The Kier molecular flexibility index (Phi) is 2.98. The molecule has 1 aliphatic rings. The maximum absolute atomic E-state index is 3.78. The minimum absolute atomic E-state index is 1.17. The Bertz CT molecular complexity index is 2440. The Labute approximate surface area is 210 Å². The number of rotatable bonds is 1. The van der Waals surface area contributed by atoms with Gasteiger partial charge in [-0.2, -0.15) is 0 Å². The lowest BCUT2D eigenvalue weighted by atomic mass is 9.92. The number of fused-ring (bicyclic) bond motifs is 4. The van der Waals surface area contributed by atoms with Crippen molar-refractivity contribution in [2.24, 2.45) is 0 Å². The van der Waals surface area contributed by atoms with Crippen molar-refractivity contribution in [3.63, 3.8) is 0 Å². The van der Waals surface area contributed by atoms with Crippen LogP contribution in [-0.2, 0) is 0 Å². The van der Waals surface area contributed by atoms with Gasteiger partial charge in [0.25, 0.3) is 0 Å². The summed E-state index contributed by atoms with van der Waals surface area (Å²) in [6.45, 7) is 0. The molecule has 10 rings (SSSR count). The third kappa shape index (κ3) is 2.07. The molecule has 3 aromatic heterocycles. The molecule has 0 bridgehead atoms. The number of aromatic nitrogens is 3. The molecule has 3 nitrogen and oxygen atoms in total. The van der Waals surface area contributed by atoms with Gasteiger partial charge in [-0.05, 0) is 70.1 Å². The Morgan fingerprint density at radius 2 is 0.946 bits per heavy atom. The molecular formula is C34H19N3. The van der Waals surface area contributed by atoms with Crippen molar-refractivity contribution in [3.8, 4) is 22.3 Å². The molecule has 0 radical (unpaired) electrons. The molecule has 3 heteroatoms. The van der Waals surface area contributed by atoms with E-state index in [-0.39, 0.29) is 0 Å². The zero-order valence-electron chi connectivity index (χ0n) is 19.7. The first-order chi connectivity index (χ1) is 18.3. The van der Waals surface area contributed by atoms with Gasteiger partial charge in [-0.1, -0.05) is 54.6 Å². The monoisotopic (exact) mass is 469 g/mol. The van der Waals surface area contributed by atoms with Crippen LogP contribution in [0.25, 0.3) is 98.4 Å². The highest BCUT2D eigenvalue weighted by Gasteiger charge is 2.24. The van der Waals surface area contributed by atoms with E-state index >= 15 is 0 Å². The molecule has 6 aromatic carbocycles. The predicted molar refractivity (Wildman–Crippen MR) is 156 cm³/mol. The molecule has 0 spiro atoms. The minimum atomic E-state index is 1.17. The first-order valence-electron chi connectivity index (χ1n) is 12.8. The summed E-state index contributed by atoms with van der Waals surface area (Å²) < 4.78 is 0. The number of aromatic amines is 3. The van der Waals surface area contributed by atoms with Gasteiger partial charge in [-0.3, -0.25) is 0 Å². The molecule has 0 unspecified atom stereocenters. The molecule has 37 heavy (non-hydrogen) atoms.